The lowest BCUT2D eigenvalue weighted by Crippen LogP contribution is -2.28. The maximum Gasteiger partial charge on any atom is 0.306 e. The predicted octanol–water partition coefficient (Wildman–Crippen LogP) is 14.0. The van der Waals surface area contributed by atoms with Crippen LogP contribution in [0.5, 0.6) is 0 Å². The summed E-state index contributed by atoms with van der Waals surface area (Å²) in [5, 5.41) is 3.75. The summed E-state index contributed by atoms with van der Waals surface area (Å²) in [7, 11) is 0. The number of ether oxygens (including phenoxy) is 2. The standard InChI is InChI=1S/C44H86N4O4/c1-4-7-10-13-16-17-18-24-32-41-51-43(49)35-29-25-31-39-48(40-37-46-47-45)38-30-23-19-22-28-36-44(50)52-42(33-26-20-14-11-8-5-2)34-27-21-15-12-9-6-3/h42H,4-41H2,1-3H3. The van der Waals surface area contributed by atoms with Crippen LogP contribution in [0, 0.1) is 0 Å². The first-order valence-electron chi connectivity index (χ1n) is 22.7. The van der Waals surface area contributed by atoms with Crippen molar-refractivity contribution in [2.75, 3.05) is 32.8 Å². The summed E-state index contributed by atoms with van der Waals surface area (Å²) >= 11 is 0. The van der Waals surface area contributed by atoms with Crippen LogP contribution in [0.1, 0.15) is 233 Å². The molecule has 8 nitrogen and oxygen atoms in total. The first kappa shape index (κ1) is 50.2. The van der Waals surface area contributed by atoms with Crippen LogP contribution in [0.2, 0.25) is 0 Å². The van der Waals surface area contributed by atoms with E-state index < -0.39 is 0 Å². The molecule has 0 rings (SSSR count). The summed E-state index contributed by atoms with van der Waals surface area (Å²) in [6.45, 7) is 10.5. The van der Waals surface area contributed by atoms with E-state index in [2.05, 4.69) is 35.7 Å². The smallest absolute Gasteiger partial charge is 0.306 e. The molecular formula is C44H86N4O4. The second-order valence-electron chi connectivity index (χ2n) is 15.4. The molecular weight excluding hydrogens is 649 g/mol. The van der Waals surface area contributed by atoms with Crippen molar-refractivity contribution in [1.29, 1.82) is 0 Å². The number of hydrogen-bond donors (Lipinski definition) is 0. The van der Waals surface area contributed by atoms with Gasteiger partial charge in [-0.1, -0.05) is 167 Å². The number of carbonyl (C=O) groups is 2. The van der Waals surface area contributed by atoms with Gasteiger partial charge in [0, 0.05) is 30.8 Å². The van der Waals surface area contributed by atoms with Crippen molar-refractivity contribution >= 4 is 11.9 Å². The van der Waals surface area contributed by atoms with E-state index in [1.807, 2.05) is 0 Å². The molecule has 8 heteroatoms. The first-order chi connectivity index (χ1) is 25.6. The van der Waals surface area contributed by atoms with Crippen LogP contribution in [-0.2, 0) is 19.1 Å². The van der Waals surface area contributed by atoms with E-state index in [1.54, 1.807) is 0 Å². The molecule has 0 heterocycles. The average molecular weight is 735 g/mol. The van der Waals surface area contributed by atoms with Gasteiger partial charge in [0.05, 0.1) is 6.61 Å². The predicted molar refractivity (Wildman–Crippen MR) is 221 cm³/mol. The second-order valence-corrected chi connectivity index (χ2v) is 15.4. The largest absolute Gasteiger partial charge is 0.466 e. The van der Waals surface area contributed by atoms with Crippen LogP contribution in [0.25, 0.3) is 10.4 Å². The quantitative estimate of drug-likeness (QED) is 0.0204. The Morgan fingerprint density at radius 3 is 1.42 bits per heavy atom. The van der Waals surface area contributed by atoms with Gasteiger partial charge in [0.2, 0.25) is 0 Å². The monoisotopic (exact) mass is 735 g/mol. The Bertz CT molecular complexity index is 804. The van der Waals surface area contributed by atoms with Gasteiger partial charge in [-0.3, -0.25) is 9.59 Å². The normalized spacial score (nSPS) is 11.3. The number of carbonyl (C=O) groups excluding carboxylic acids is 2. The molecule has 0 radical (unpaired) electrons. The Kier molecular flexibility index (Phi) is 40.5. The third-order valence-electron chi connectivity index (χ3n) is 10.4. The molecule has 306 valence electrons. The van der Waals surface area contributed by atoms with E-state index in [1.165, 1.54) is 122 Å². The molecule has 0 saturated carbocycles. The van der Waals surface area contributed by atoms with Gasteiger partial charge in [-0.2, -0.15) is 0 Å². The molecule has 0 spiro atoms. The van der Waals surface area contributed by atoms with Crippen molar-refractivity contribution in [3.8, 4) is 0 Å². The molecule has 0 aliphatic heterocycles. The molecule has 0 saturated heterocycles. The molecule has 0 bridgehead atoms. The third kappa shape index (κ3) is 38.0. The highest BCUT2D eigenvalue weighted by atomic mass is 16.5. The number of azide groups is 1. The fraction of sp³-hybridized carbons (Fsp3) is 0.955. The summed E-state index contributed by atoms with van der Waals surface area (Å²) in [6, 6.07) is 0. The second kappa shape index (κ2) is 42.0. The van der Waals surface area contributed by atoms with Crippen molar-refractivity contribution in [2.45, 2.75) is 239 Å². The number of unbranched alkanes of at least 4 members (excludes halogenated alkanes) is 24. The molecule has 0 amide bonds. The summed E-state index contributed by atoms with van der Waals surface area (Å²) < 4.78 is 11.5. The summed E-state index contributed by atoms with van der Waals surface area (Å²) in [5.41, 5.74) is 8.72. The lowest BCUT2D eigenvalue weighted by atomic mass is 10.0. The third-order valence-corrected chi connectivity index (χ3v) is 10.4. The van der Waals surface area contributed by atoms with E-state index in [9.17, 15) is 9.59 Å². The van der Waals surface area contributed by atoms with Crippen LogP contribution in [0.3, 0.4) is 0 Å². The van der Waals surface area contributed by atoms with E-state index >= 15 is 0 Å². The molecule has 0 aromatic heterocycles. The molecule has 0 aromatic carbocycles. The van der Waals surface area contributed by atoms with Gasteiger partial charge in [0.25, 0.3) is 0 Å². The zero-order chi connectivity index (χ0) is 38.0. The van der Waals surface area contributed by atoms with E-state index in [0.717, 1.165) is 96.7 Å². The zero-order valence-electron chi connectivity index (χ0n) is 34.9. The molecule has 52 heavy (non-hydrogen) atoms. The first-order valence-corrected chi connectivity index (χ1v) is 22.7. The van der Waals surface area contributed by atoms with Gasteiger partial charge in [0.15, 0.2) is 0 Å². The average Bonchev–Trinajstić information content (AvgIpc) is 3.14. The Morgan fingerprint density at radius 2 is 0.923 bits per heavy atom. The van der Waals surface area contributed by atoms with Crippen molar-refractivity contribution in [3.05, 3.63) is 10.4 Å². The van der Waals surface area contributed by atoms with Gasteiger partial charge in [-0.25, -0.2) is 0 Å². The van der Waals surface area contributed by atoms with Crippen LogP contribution < -0.4 is 0 Å². The fourth-order valence-corrected chi connectivity index (χ4v) is 6.97. The van der Waals surface area contributed by atoms with E-state index in [0.29, 0.717) is 26.0 Å². The summed E-state index contributed by atoms with van der Waals surface area (Å²) in [6.07, 6.45) is 38.1. The Hall–Kier alpha value is -1.79. The maximum atomic E-state index is 12.7. The molecule has 0 aliphatic carbocycles. The molecule has 0 fully saturated rings. The highest BCUT2D eigenvalue weighted by Gasteiger charge is 2.14. The van der Waals surface area contributed by atoms with Gasteiger partial charge in [-0.15, -0.1) is 0 Å². The van der Waals surface area contributed by atoms with Crippen LogP contribution in [-0.4, -0.2) is 55.7 Å². The molecule has 0 aliphatic rings. The van der Waals surface area contributed by atoms with Gasteiger partial charge < -0.3 is 14.4 Å². The maximum absolute atomic E-state index is 12.7. The molecule has 0 N–H and O–H groups in total. The minimum Gasteiger partial charge on any atom is -0.466 e. The van der Waals surface area contributed by atoms with E-state index in [-0.39, 0.29) is 18.0 Å². The zero-order valence-corrected chi connectivity index (χ0v) is 34.9. The lowest BCUT2D eigenvalue weighted by Gasteiger charge is -2.21. The fourth-order valence-electron chi connectivity index (χ4n) is 6.97. The lowest BCUT2D eigenvalue weighted by molar-refractivity contribution is -0.150. The molecule has 0 unspecified atom stereocenters. The number of nitrogens with zero attached hydrogens (tertiary/aromatic N) is 4. The van der Waals surface area contributed by atoms with Crippen LogP contribution in [0.15, 0.2) is 5.11 Å². The molecule has 0 atom stereocenters. The summed E-state index contributed by atoms with van der Waals surface area (Å²) in [5.74, 6) is -0.0626. The van der Waals surface area contributed by atoms with Crippen molar-refractivity contribution < 1.29 is 19.1 Å². The number of hydrogen-bond acceptors (Lipinski definition) is 6. The number of rotatable bonds is 42. The topological polar surface area (TPSA) is 105 Å². The minimum atomic E-state index is -0.0609. The van der Waals surface area contributed by atoms with Crippen LogP contribution >= 0.6 is 0 Å². The van der Waals surface area contributed by atoms with Crippen molar-refractivity contribution in [3.63, 3.8) is 0 Å². The number of esters is 2. The summed E-state index contributed by atoms with van der Waals surface area (Å²) in [4.78, 5) is 30.2. The Morgan fingerprint density at radius 1 is 0.519 bits per heavy atom. The highest BCUT2D eigenvalue weighted by Crippen LogP contribution is 2.18. The van der Waals surface area contributed by atoms with Gasteiger partial charge in [0.1, 0.15) is 6.10 Å². The Balaban J connectivity index is 4.13. The van der Waals surface area contributed by atoms with Crippen molar-refractivity contribution in [2.24, 2.45) is 5.11 Å². The Labute approximate surface area is 322 Å². The van der Waals surface area contributed by atoms with Gasteiger partial charge >= 0.3 is 11.9 Å². The highest BCUT2D eigenvalue weighted by molar-refractivity contribution is 5.69. The minimum absolute atomic E-state index is 0.00162. The van der Waals surface area contributed by atoms with Crippen LogP contribution in [0.4, 0.5) is 0 Å². The van der Waals surface area contributed by atoms with Crippen molar-refractivity contribution in [1.82, 2.24) is 4.90 Å². The SMILES string of the molecule is CCCCCCCCCCCOC(=O)CCCCCN(CCCCCCCC(=O)OC(CCCCCCCC)CCCCCCCC)CCN=[N+]=[N-]. The van der Waals surface area contributed by atoms with E-state index in [4.69, 9.17) is 15.0 Å². The van der Waals surface area contributed by atoms with Gasteiger partial charge in [-0.05, 0) is 76.4 Å². The molecule has 0 aromatic rings.